The van der Waals surface area contributed by atoms with Crippen LogP contribution < -0.4 is 4.74 Å². The second-order valence-electron chi connectivity index (χ2n) is 10.6. The Morgan fingerprint density at radius 1 is 0.558 bits per heavy atom. The molecule has 6 rings (SSSR count). The van der Waals surface area contributed by atoms with Gasteiger partial charge in [0.25, 0.3) is 0 Å². The van der Waals surface area contributed by atoms with Crippen molar-refractivity contribution in [2.45, 2.75) is 25.9 Å². The number of carbonyl (C=O) groups is 1. The first kappa shape index (κ1) is 27.8. The van der Waals surface area contributed by atoms with Gasteiger partial charge in [-0.25, -0.2) is 4.79 Å². The highest BCUT2D eigenvalue weighted by atomic mass is 16.5. The minimum atomic E-state index is -0.404. The third-order valence-corrected chi connectivity index (χ3v) is 7.68. The van der Waals surface area contributed by atoms with E-state index in [9.17, 15) is 4.79 Å². The van der Waals surface area contributed by atoms with E-state index < -0.39 is 5.97 Å². The van der Waals surface area contributed by atoms with Gasteiger partial charge < -0.3 is 4.74 Å². The van der Waals surface area contributed by atoms with Crippen LogP contribution in [0.5, 0.6) is 5.75 Å². The Kier molecular flexibility index (Phi) is 8.19. The zero-order chi connectivity index (χ0) is 29.6. The molecule has 0 aliphatic carbocycles. The fraction of sp³-hybridized carbons (Fsp3) is 0.103. The van der Waals surface area contributed by atoms with Gasteiger partial charge in [-0.05, 0) is 94.0 Å². The minimum Gasteiger partial charge on any atom is -0.423 e. The van der Waals surface area contributed by atoms with E-state index in [1.54, 1.807) is 24.3 Å². The minimum absolute atomic E-state index is 0.00481. The third-order valence-electron chi connectivity index (χ3n) is 7.68. The van der Waals surface area contributed by atoms with E-state index in [0.717, 1.165) is 11.1 Å². The van der Waals surface area contributed by atoms with E-state index in [1.165, 1.54) is 32.7 Å². The molecule has 0 heterocycles. The average Bonchev–Trinajstić information content (AvgIpc) is 3.06. The topological polar surface area (TPSA) is 51.0 Å². The molecule has 0 saturated heterocycles. The quantitative estimate of drug-likeness (QED) is 0.106. The van der Waals surface area contributed by atoms with Crippen LogP contribution in [0.25, 0.3) is 21.5 Å². The van der Waals surface area contributed by atoms with E-state index in [-0.39, 0.29) is 12.1 Å². The van der Waals surface area contributed by atoms with Crippen LogP contribution in [0, 0.1) is 0 Å². The van der Waals surface area contributed by atoms with E-state index in [1.807, 2.05) is 48.8 Å². The number of ether oxygens (including phenoxy) is 1. The standard InChI is InChI=1S/C39H32N2O2/c1-27(35-15-7-11-31-9-3-5-13-37(31)35)40-25-29-17-21-33(22-18-29)39(42)43-34-23-19-30(20-24-34)26-41-28(2)36-16-8-12-32-10-4-6-14-38(32)36/h3-28H,1-2H3/t27-,28?/m1/s1. The number of aliphatic imine (C=N–C) groups is 2. The molecule has 1 unspecified atom stereocenters. The normalized spacial score (nSPS) is 13.1. The van der Waals surface area contributed by atoms with Gasteiger partial charge in [-0.15, -0.1) is 0 Å². The molecule has 4 nitrogen and oxygen atoms in total. The Bertz CT molecular complexity index is 1930. The molecule has 210 valence electrons. The van der Waals surface area contributed by atoms with Crippen molar-refractivity contribution in [1.29, 1.82) is 0 Å². The highest BCUT2D eigenvalue weighted by molar-refractivity contribution is 5.92. The summed E-state index contributed by atoms with van der Waals surface area (Å²) in [6, 6.07) is 44.0. The Hall–Kier alpha value is -5.35. The first-order valence-corrected chi connectivity index (χ1v) is 14.5. The maximum absolute atomic E-state index is 12.8. The zero-order valence-electron chi connectivity index (χ0n) is 24.2. The Labute approximate surface area is 252 Å². The molecule has 4 heteroatoms. The van der Waals surface area contributed by atoms with Crippen LogP contribution in [0.4, 0.5) is 0 Å². The van der Waals surface area contributed by atoms with Gasteiger partial charge in [0.15, 0.2) is 0 Å². The number of hydrogen-bond donors (Lipinski definition) is 0. The van der Waals surface area contributed by atoms with Crippen LogP contribution in [-0.2, 0) is 0 Å². The summed E-state index contributed by atoms with van der Waals surface area (Å²) in [7, 11) is 0. The van der Waals surface area contributed by atoms with E-state index in [0.29, 0.717) is 11.3 Å². The van der Waals surface area contributed by atoms with E-state index in [4.69, 9.17) is 14.7 Å². The van der Waals surface area contributed by atoms with Gasteiger partial charge in [0.1, 0.15) is 5.75 Å². The zero-order valence-corrected chi connectivity index (χ0v) is 24.2. The summed E-state index contributed by atoms with van der Waals surface area (Å²) in [5.41, 5.74) is 4.72. The Balaban J connectivity index is 1.06. The van der Waals surface area contributed by atoms with Gasteiger partial charge in [0.2, 0.25) is 0 Å². The summed E-state index contributed by atoms with van der Waals surface area (Å²) in [5, 5.41) is 4.85. The molecule has 6 aromatic rings. The number of esters is 1. The number of hydrogen-bond acceptors (Lipinski definition) is 4. The number of rotatable bonds is 8. The van der Waals surface area contributed by atoms with Crippen LogP contribution >= 0.6 is 0 Å². The molecule has 0 saturated carbocycles. The van der Waals surface area contributed by atoms with Crippen molar-refractivity contribution in [3.63, 3.8) is 0 Å². The van der Waals surface area contributed by atoms with Gasteiger partial charge in [-0.3, -0.25) is 9.98 Å². The van der Waals surface area contributed by atoms with Crippen molar-refractivity contribution < 1.29 is 9.53 Å². The first-order chi connectivity index (χ1) is 21.0. The summed E-state index contributed by atoms with van der Waals surface area (Å²) in [4.78, 5) is 22.3. The lowest BCUT2D eigenvalue weighted by atomic mass is 10.00. The maximum atomic E-state index is 12.8. The van der Waals surface area contributed by atoms with Crippen LogP contribution in [0.15, 0.2) is 143 Å². The van der Waals surface area contributed by atoms with Gasteiger partial charge in [0.05, 0.1) is 17.6 Å². The molecule has 2 atom stereocenters. The van der Waals surface area contributed by atoms with Gasteiger partial charge in [0, 0.05) is 12.4 Å². The van der Waals surface area contributed by atoms with E-state index in [2.05, 4.69) is 86.6 Å². The third kappa shape index (κ3) is 6.44. The Morgan fingerprint density at radius 3 is 1.51 bits per heavy atom. The number of fused-ring (bicyclic) bond motifs is 2. The molecule has 0 N–H and O–H groups in total. The van der Waals surface area contributed by atoms with Crippen LogP contribution in [0.1, 0.15) is 58.5 Å². The fourth-order valence-electron chi connectivity index (χ4n) is 5.28. The molecular weight excluding hydrogens is 528 g/mol. The summed E-state index contributed by atoms with van der Waals surface area (Å²) >= 11 is 0. The Morgan fingerprint density at radius 2 is 1.00 bits per heavy atom. The largest absolute Gasteiger partial charge is 0.423 e. The molecule has 0 bridgehead atoms. The van der Waals surface area contributed by atoms with Crippen molar-refractivity contribution in [3.05, 3.63) is 161 Å². The van der Waals surface area contributed by atoms with Gasteiger partial charge in [-0.1, -0.05) is 97.1 Å². The second-order valence-corrected chi connectivity index (χ2v) is 10.6. The molecule has 0 aliphatic rings. The summed E-state index contributed by atoms with van der Waals surface area (Å²) in [6.07, 6.45) is 3.71. The van der Waals surface area contributed by atoms with Gasteiger partial charge in [-0.2, -0.15) is 0 Å². The lowest BCUT2D eigenvalue weighted by Crippen LogP contribution is -2.08. The number of carbonyl (C=O) groups excluding carboxylic acids is 1. The molecule has 0 aliphatic heterocycles. The summed E-state index contributed by atoms with van der Waals surface area (Å²) in [5.74, 6) is 0.0809. The molecule has 0 aromatic heterocycles. The summed E-state index contributed by atoms with van der Waals surface area (Å²) < 4.78 is 5.62. The highest BCUT2D eigenvalue weighted by Crippen LogP contribution is 2.27. The second kappa shape index (κ2) is 12.7. The van der Waals surface area contributed by atoms with Crippen molar-refractivity contribution in [2.75, 3.05) is 0 Å². The highest BCUT2D eigenvalue weighted by Gasteiger charge is 2.10. The van der Waals surface area contributed by atoms with Crippen LogP contribution in [0.3, 0.4) is 0 Å². The SMILES string of the molecule is CC(N=Cc1ccc(OC(=O)c2ccc(C=N[C@H](C)c3cccc4ccccc34)cc2)cc1)c1cccc2ccccc12. The lowest BCUT2D eigenvalue weighted by molar-refractivity contribution is 0.0734. The molecular formula is C39H32N2O2. The van der Waals surface area contributed by atoms with Crippen molar-refractivity contribution in [3.8, 4) is 5.75 Å². The number of benzene rings is 6. The van der Waals surface area contributed by atoms with Crippen LogP contribution in [-0.4, -0.2) is 18.4 Å². The molecule has 0 spiro atoms. The van der Waals surface area contributed by atoms with E-state index >= 15 is 0 Å². The molecule has 0 amide bonds. The van der Waals surface area contributed by atoms with Crippen molar-refractivity contribution >= 4 is 39.9 Å². The maximum Gasteiger partial charge on any atom is 0.343 e. The fourth-order valence-corrected chi connectivity index (χ4v) is 5.28. The van der Waals surface area contributed by atoms with Crippen molar-refractivity contribution in [2.24, 2.45) is 9.98 Å². The monoisotopic (exact) mass is 560 g/mol. The molecule has 43 heavy (non-hydrogen) atoms. The molecule has 6 aromatic carbocycles. The predicted octanol–water partition coefficient (Wildman–Crippen LogP) is 9.57. The van der Waals surface area contributed by atoms with Gasteiger partial charge >= 0.3 is 5.97 Å². The van der Waals surface area contributed by atoms with Crippen molar-refractivity contribution in [1.82, 2.24) is 0 Å². The predicted molar refractivity (Wildman–Crippen MR) is 178 cm³/mol. The first-order valence-electron chi connectivity index (χ1n) is 14.5. The average molecular weight is 561 g/mol. The summed E-state index contributed by atoms with van der Waals surface area (Å²) in [6.45, 7) is 4.18. The molecule has 0 radical (unpaired) electrons. The van der Waals surface area contributed by atoms with Crippen LogP contribution in [0.2, 0.25) is 0 Å². The molecule has 0 fully saturated rings. The smallest absolute Gasteiger partial charge is 0.343 e. The number of nitrogens with zero attached hydrogens (tertiary/aromatic N) is 2. The lowest BCUT2D eigenvalue weighted by Gasteiger charge is -2.11.